The standard InChI is InChI=1S/C31H34Cl2N4O5S/c1-18-9-7-8-10-28(18)43(40,41)35-30(38)21-12-11-20(27(16-21)42-6)14-24-23-15-22(13-19(2)34-31(39)36(3)4)25(32)17-26(23)37(5)29(24)33/h7-12,15-17,19H,13-14H2,1-6H3,(H,34,39)(H,35,38). The van der Waals surface area contributed by atoms with Crippen LogP contribution in [0.25, 0.3) is 10.9 Å². The molecule has 43 heavy (non-hydrogen) atoms. The topological polar surface area (TPSA) is 110 Å². The number of ether oxygens (including phenoxy) is 1. The van der Waals surface area contributed by atoms with Crippen molar-refractivity contribution in [3.05, 3.63) is 92.6 Å². The first-order chi connectivity index (χ1) is 20.2. The number of carbonyl (C=O) groups excluding carboxylic acids is 2. The number of benzene rings is 3. The van der Waals surface area contributed by atoms with Gasteiger partial charge in [-0.25, -0.2) is 17.9 Å². The Balaban J connectivity index is 1.63. The molecule has 1 heterocycles. The largest absolute Gasteiger partial charge is 0.496 e. The molecule has 1 unspecified atom stereocenters. The number of halogens is 2. The summed E-state index contributed by atoms with van der Waals surface area (Å²) in [6.07, 6.45) is 0.885. The summed E-state index contributed by atoms with van der Waals surface area (Å²) >= 11 is 13.5. The predicted molar refractivity (Wildman–Crippen MR) is 170 cm³/mol. The summed E-state index contributed by atoms with van der Waals surface area (Å²) in [6, 6.07) is 14.7. The van der Waals surface area contributed by atoms with Crippen molar-refractivity contribution in [2.75, 3.05) is 21.2 Å². The summed E-state index contributed by atoms with van der Waals surface area (Å²) in [5, 5.41) is 4.92. The summed E-state index contributed by atoms with van der Waals surface area (Å²) in [4.78, 5) is 26.6. The number of aryl methyl sites for hydroxylation is 2. The van der Waals surface area contributed by atoms with Crippen LogP contribution in [0.4, 0.5) is 4.79 Å². The van der Waals surface area contributed by atoms with Crippen LogP contribution in [-0.4, -0.2) is 57.1 Å². The lowest BCUT2D eigenvalue weighted by Gasteiger charge is -2.18. The zero-order valence-corrected chi connectivity index (χ0v) is 27.1. The van der Waals surface area contributed by atoms with E-state index in [4.69, 9.17) is 27.9 Å². The molecule has 0 fully saturated rings. The smallest absolute Gasteiger partial charge is 0.317 e. The minimum Gasteiger partial charge on any atom is -0.496 e. The number of sulfonamides is 1. The van der Waals surface area contributed by atoms with Crippen molar-refractivity contribution in [1.82, 2.24) is 19.5 Å². The number of nitrogens with one attached hydrogen (secondary N) is 2. The van der Waals surface area contributed by atoms with E-state index in [2.05, 4.69) is 10.0 Å². The summed E-state index contributed by atoms with van der Waals surface area (Å²) in [5.41, 5.74) is 3.94. The van der Waals surface area contributed by atoms with Crippen molar-refractivity contribution in [2.24, 2.45) is 7.05 Å². The van der Waals surface area contributed by atoms with Crippen LogP contribution in [-0.2, 0) is 29.9 Å². The van der Waals surface area contributed by atoms with Gasteiger partial charge in [0.05, 0.1) is 17.5 Å². The summed E-state index contributed by atoms with van der Waals surface area (Å²) in [7, 11) is 2.63. The van der Waals surface area contributed by atoms with Gasteiger partial charge in [0.1, 0.15) is 10.9 Å². The predicted octanol–water partition coefficient (Wildman–Crippen LogP) is 5.71. The number of hydrogen-bond acceptors (Lipinski definition) is 5. The highest BCUT2D eigenvalue weighted by molar-refractivity contribution is 7.90. The van der Waals surface area contributed by atoms with E-state index in [0.29, 0.717) is 34.3 Å². The van der Waals surface area contributed by atoms with E-state index in [1.165, 1.54) is 24.1 Å². The maximum Gasteiger partial charge on any atom is 0.317 e. The molecule has 0 saturated carbocycles. The van der Waals surface area contributed by atoms with Crippen LogP contribution in [0.5, 0.6) is 5.75 Å². The molecule has 4 aromatic rings. The second kappa shape index (κ2) is 12.9. The van der Waals surface area contributed by atoms with Crippen molar-refractivity contribution in [3.63, 3.8) is 0 Å². The molecule has 3 amide bonds. The van der Waals surface area contributed by atoms with Crippen molar-refractivity contribution in [3.8, 4) is 5.75 Å². The molecule has 228 valence electrons. The molecule has 4 rings (SSSR count). The molecular weight excluding hydrogens is 611 g/mol. The van der Waals surface area contributed by atoms with Crippen LogP contribution in [0.3, 0.4) is 0 Å². The molecule has 1 aromatic heterocycles. The Morgan fingerprint density at radius 2 is 1.74 bits per heavy atom. The molecule has 0 saturated heterocycles. The van der Waals surface area contributed by atoms with Gasteiger partial charge in [0.25, 0.3) is 15.9 Å². The first-order valence-electron chi connectivity index (χ1n) is 13.5. The Hall–Kier alpha value is -3.73. The van der Waals surface area contributed by atoms with Crippen LogP contribution in [0.2, 0.25) is 10.2 Å². The molecule has 12 heteroatoms. The lowest BCUT2D eigenvalue weighted by Crippen LogP contribution is -2.40. The molecule has 0 aliphatic carbocycles. The lowest BCUT2D eigenvalue weighted by atomic mass is 9.99. The fourth-order valence-electron chi connectivity index (χ4n) is 4.91. The molecule has 0 spiro atoms. The molecule has 0 radical (unpaired) electrons. The van der Waals surface area contributed by atoms with Crippen molar-refractivity contribution >= 4 is 56.1 Å². The Morgan fingerprint density at radius 3 is 2.40 bits per heavy atom. The average Bonchev–Trinajstić information content (AvgIpc) is 3.16. The van der Waals surface area contributed by atoms with E-state index in [0.717, 1.165) is 27.6 Å². The van der Waals surface area contributed by atoms with Crippen LogP contribution in [0.1, 0.15) is 39.5 Å². The highest BCUT2D eigenvalue weighted by atomic mass is 35.5. The van der Waals surface area contributed by atoms with E-state index in [1.807, 2.05) is 30.7 Å². The molecule has 0 aliphatic heterocycles. The first-order valence-corrected chi connectivity index (χ1v) is 15.7. The first kappa shape index (κ1) is 32.2. The second-order valence-electron chi connectivity index (χ2n) is 10.6. The van der Waals surface area contributed by atoms with E-state index in [1.54, 1.807) is 51.4 Å². The third-order valence-electron chi connectivity index (χ3n) is 7.22. The monoisotopic (exact) mass is 644 g/mol. The average molecular weight is 646 g/mol. The van der Waals surface area contributed by atoms with E-state index >= 15 is 0 Å². The number of urea groups is 1. The number of hydrogen-bond donors (Lipinski definition) is 2. The Kier molecular flexibility index (Phi) is 9.63. The van der Waals surface area contributed by atoms with Crippen LogP contribution < -0.4 is 14.8 Å². The highest BCUT2D eigenvalue weighted by Gasteiger charge is 2.23. The molecule has 9 nitrogen and oxygen atoms in total. The quantitative estimate of drug-likeness (QED) is 0.242. The summed E-state index contributed by atoms with van der Waals surface area (Å²) in [5.74, 6) is -0.366. The van der Waals surface area contributed by atoms with Crippen LogP contribution in [0, 0.1) is 6.92 Å². The lowest BCUT2D eigenvalue weighted by molar-refractivity contribution is 0.0981. The second-order valence-corrected chi connectivity index (χ2v) is 13.1. The minimum atomic E-state index is -4.07. The van der Waals surface area contributed by atoms with Gasteiger partial charge in [-0.05, 0) is 67.3 Å². The number of aromatic nitrogens is 1. The molecule has 1 atom stereocenters. The van der Waals surface area contributed by atoms with Gasteiger partial charge in [-0.3, -0.25) is 4.79 Å². The molecule has 0 bridgehead atoms. The zero-order valence-electron chi connectivity index (χ0n) is 24.8. The van der Waals surface area contributed by atoms with Crippen molar-refractivity contribution < 1.29 is 22.7 Å². The van der Waals surface area contributed by atoms with Crippen LogP contribution >= 0.6 is 23.2 Å². The van der Waals surface area contributed by atoms with Gasteiger partial charge in [-0.15, -0.1) is 0 Å². The Labute approximate surface area is 261 Å². The Bertz CT molecular complexity index is 1820. The van der Waals surface area contributed by atoms with Gasteiger partial charge in [-0.1, -0.05) is 47.5 Å². The number of rotatable bonds is 9. The van der Waals surface area contributed by atoms with E-state index in [9.17, 15) is 18.0 Å². The van der Waals surface area contributed by atoms with Gasteiger partial charge < -0.3 is 19.5 Å². The minimum absolute atomic E-state index is 0.0338. The number of methoxy groups -OCH3 is 1. The normalized spacial score (nSPS) is 12.2. The number of carbonyl (C=O) groups is 2. The van der Waals surface area contributed by atoms with Gasteiger partial charge in [0.2, 0.25) is 0 Å². The SMILES string of the molecule is COc1cc(C(=O)NS(=O)(=O)c2ccccc2C)ccc1Cc1c(Cl)n(C)c2cc(Cl)c(CC(C)NC(=O)N(C)C)cc12. The molecular formula is C31H34Cl2N4O5S. The van der Waals surface area contributed by atoms with Gasteiger partial charge >= 0.3 is 6.03 Å². The summed E-state index contributed by atoms with van der Waals surface area (Å²) in [6.45, 7) is 3.57. The molecule has 0 aliphatic rings. The van der Waals surface area contributed by atoms with Crippen molar-refractivity contribution in [2.45, 2.75) is 37.6 Å². The number of amides is 3. The van der Waals surface area contributed by atoms with Gasteiger partial charge in [0.15, 0.2) is 0 Å². The fourth-order valence-corrected chi connectivity index (χ4v) is 6.62. The number of fused-ring (bicyclic) bond motifs is 1. The van der Waals surface area contributed by atoms with Crippen LogP contribution in [0.15, 0.2) is 59.5 Å². The fraction of sp³-hybridized carbons (Fsp3) is 0.290. The maximum atomic E-state index is 13.0. The third kappa shape index (κ3) is 6.92. The van der Waals surface area contributed by atoms with Gasteiger partial charge in [0, 0.05) is 55.1 Å². The van der Waals surface area contributed by atoms with E-state index < -0.39 is 15.9 Å². The molecule has 3 aromatic carbocycles. The third-order valence-corrected chi connectivity index (χ3v) is 9.55. The summed E-state index contributed by atoms with van der Waals surface area (Å²) < 4.78 is 35.3. The highest BCUT2D eigenvalue weighted by Crippen LogP contribution is 2.36. The number of nitrogens with zero attached hydrogens (tertiary/aromatic N) is 2. The van der Waals surface area contributed by atoms with Gasteiger partial charge in [-0.2, -0.15) is 0 Å². The zero-order chi connectivity index (χ0) is 31.6. The van der Waals surface area contributed by atoms with Crippen molar-refractivity contribution in [1.29, 1.82) is 0 Å². The molecule has 2 N–H and O–H groups in total. The maximum absolute atomic E-state index is 13.0. The Morgan fingerprint density at radius 1 is 1.05 bits per heavy atom. The van der Waals surface area contributed by atoms with E-state index in [-0.39, 0.29) is 22.5 Å².